The molecule has 1 saturated carbocycles. The third-order valence-corrected chi connectivity index (χ3v) is 3.85. The summed E-state index contributed by atoms with van der Waals surface area (Å²) in [6.07, 6.45) is 7.76. The second-order valence-corrected chi connectivity index (χ2v) is 6.02. The van der Waals surface area contributed by atoms with E-state index in [2.05, 4.69) is 18.8 Å². The molecular formula is C15H25N3O2. The summed E-state index contributed by atoms with van der Waals surface area (Å²) in [6.45, 7) is 5.46. The maximum Gasteiger partial charge on any atom is 0.313 e. The first-order valence-corrected chi connectivity index (χ1v) is 7.54. The molecule has 112 valence electrons. The summed E-state index contributed by atoms with van der Waals surface area (Å²) in [6, 6.07) is 0. The number of aromatic nitrogens is 2. The van der Waals surface area contributed by atoms with Gasteiger partial charge in [-0.2, -0.15) is 0 Å². The second kappa shape index (κ2) is 6.88. The summed E-state index contributed by atoms with van der Waals surface area (Å²) >= 11 is 0. The van der Waals surface area contributed by atoms with E-state index >= 15 is 0 Å². The molecule has 0 saturated heterocycles. The van der Waals surface area contributed by atoms with Crippen LogP contribution < -0.4 is 16.0 Å². The average molecular weight is 279 g/mol. The first-order valence-electron chi connectivity index (χ1n) is 7.54. The van der Waals surface area contributed by atoms with Gasteiger partial charge < -0.3 is 15.0 Å². The van der Waals surface area contributed by atoms with Gasteiger partial charge in [-0.3, -0.25) is 4.79 Å². The van der Waals surface area contributed by atoms with Crippen LogP contribution in [0.25, 0.3) is 0 Å². The van der Waals surface area contributed by atoms with E-state index in [4.69, 9.17) is 10.5 Å². The molecule has 2 N–H and O–H groups in total. The molecule has 1 aromatic rings. The molecule has 0 aliphatic heterocycles. The summed E-state index contributed by atoms with van der Waals surface area (Å²) in [7, 11) is 0. The Balaban J connectivity index is 2.14. The summed E-state index contributed by atoms with van der Waals surface area (Å²) in [5.74, 6) is 0.969. The highest BCUT2D eigenvalue weighted by molar-refractivity contribution is 5.05. The summed E-state index contributed by atoms with van der Waals surface area (Å²) in [5.41, 5.74) is 5.66. The van der Waals surface area contributed by atoms with E-state index in [9.17, 15) is 4.79 Å². The van der Waals surface area contributed by atoms with E-state index in [-0.39, 0.29) is 17.5 Å². The van der Waals surface area contributed by atoms with Gasteiger partial charge in [-0.05, 0) is 31.7 Å². The van der Waals surface area contributed by atoms with E-state index in [1.54, 1.807) is 17.0 Å². The maximum atomic E-state index is 12.3. The lowest BCUT2D eigenvalue weighted by molar-refractivity contribution is 0.0897. The minimum absolute atomic E-state index is 0.0313. The second-order valence-electron chi connectivity index (χ2n) is 6.02. The highest BCUT2D eigenvalue weighted by Gasteiger charge is 2.26. The molecule has 0 amide bonds. The minimum Gasteiger partial charge on any atom is -0.470 e. The number of nitrogens with zero attached hydrogens (tertiary/aromatic N) is 2. The van der Waals surface area contributed by atoms with Crippen LogP contribution in [0.1, 0.15) is 39.5 Å². The highest BCUT2D eigenvalue weighted by atomic mass is 16.5. The van der Waals surface area contributed by atoms with Crippen molar-refractivity contribution in [2.45, 2.75) is 52.2 Å². The van der Waals surface area contributed by atoms with E-state index in [0.717, 1.165) is 19.3 Å². The van der Waals surface area contributed by atoms with Crippen LogP contribution >= 0.6 is 0 Å². The van der Waals surface area contributed by atoms with Crippen molar-refractivity contribution < 1.29 is 4.74 Å². The molecule has 0 spiro atoms. The summed E-state index contributed by atoms with van der Waals surface area (Å²) in [4.78, 5) is 16.4. The quantitative estimate of drug-likeness (QED) is 0.892. The van der Waals surface area contributed by atoms with E-state index < -0.39 is 0 Å². The van der Waals surface area contributed by atoms with Gasteiger partial charge in [0, 0.05) is 24.9 Å². The van der Waals surface area contributed by atoms with Gasteiger partial charge in [-0.1, -0.05) is 20.3 Å². The van der Waals surface area contributed by atoms with Crippen molar-refractivity contribution >= 4 is 0 Å². The Morgan fingerprint density at radius 2 is 2.20 bits per heavy atom. The molecule has 1 aliphatic rings. The van der Waals surface area contributed by atoms with Crippen molar-refractivity contribution in [3.05, 3.63) is 22.7 Å². The van der Waals surface area contributed by atoms with Crippen molar-refractivity contribution in [2.24, 2.45) is 17.6 Å². The number of rotatable bonds is 5. The molecule has 0 radical (unpaired) electrons. The molecule has 0 aromatic carbocycles. The van der Waals surface area contributed by atoms with Gasteiger partial charge in [0.2, 0.25) is 0 Å². The Labute approximate surface area is 120 Å². The molecule has 1 fully saturated rings. The van der Waals surface area contributed by atoms with Crippen molar-refractivity contribution in [1.29, 1.82) is 0 Å². The van der Waals surface area contributed by atoms with Gasteiger partial charge in [0.25, 0.3) is 5.88 Å². The first kappa shape index (κ1) is 15.0. The average Bonchev–Trinajstić information content (AvgIpc) is 2.43. The van der Waals surface area contributed by atoms with Gasteiger partial charge in [0.05, 0.1) is 0 Å². The Morgan fingerprint density at radius 1 is 1.45 bits per heavy atom. The zero-order chi connectivity index (χ0) is 14.5. The molecule has 2 unspecified atom stereocenters. The zero-order valence-electron chi connectivity index (χ0n) is 12.4. The minimum atomic E-state index is -0.137. The Kier molecular flexibility index (Phi) is 5.17. The SMILES string of the molecule is CC(C)Cn1ccnc(OC2CCCCC2CN)c1=O. The fourth-order valence-electron chi connectivity index (χ4n) is 2.79. The predicted octanol–water partition coefficient (Wildman–Crippen LogP) is 1.80. The molecule has 20 heavy (non-hydrogen) atoms. The van der Waals surface area contributed by atoms with Gasteiger partial charge in [0.1, 0.15) is 6.10 Å². The van der Waals surface area contributed by atoms with Crippen LogP contribution in [-0.2, 0) is 6.54 Å². The van der Waals surface area contributed by atoms with E-state index in [1.165, 1.54) is 6.42 Å². The van der Waals surface area contributed by atoms with Gasteiger partial charge in [-0.15, -0.1) is 0 Å². The largest absolute Gasteiger partial charge is 0.470 e. The maximum absolute atomic E-state index is 12.3. The number of hydrogen-bond acceptors (Lipinski definition) is 4. The number of nitrogens with two attached hydrogens (primary N) is 1. The van der Waals surface area contributed by atoms with Crippen LogP contribution in [0, 0.1) is 11.8 Å². The monoisotopic (exact) mass is 279 g/mol. The van der Waals surface area contributed by atoms with Crippen LogP contribution in [0.15, 0.2) is 17.2 Å². The summed E-state index contributed by atoms with van der Waals surface area (Å²) in [5, 5.41) is 0. The molecule has 1 aliphatic carbocycles. The summed E-state index contributed by atoms with van der Waals surface area (Å²) < 4.78 is 7.56. The normalized spacial score (nSPS) is 23.0. The van der Waals surface area contributed by atoms with Crippen molar-refractivity contribution in [3.8, 4) is 5.88 Å². The topological polar surface area (TPSA) is 70.1 Å². The van der Waals surface area contributed by atoms with Gasteiger partial charge in [0.15, 0.2) is 0 Å². The zero-order valence-corrected chi connectivity index (χ0v) is 12.4. The molecule has 1 heterocycles. The predicted molar refractivity (Wildman–Crippen MR) is 78.8 cm³/mol. The van der Waals surface area contributed by atoms with Crippen LogP contribution in [-0.4, -0.2) is 22.2 Å². The molecule has 0 bridgehead atoms. The van der Waals surface area contributed by atoms with Crippen molar-refractivity contribution in [3.63, 3.8) is 0 Å². The van der Waals surface area contributed by atoms with E-state index in [0.29, 0.717) is 24.9 Å². The van der Waals surface area contributed by atoms with Crippen LogP contribution in [0.3, 0.4) is 0 Å². The highest BCUT2D eigenvalue weighted by Crippen LogP contribution is 2.26. The van der Waals surface area contributed by atoms with Crippen LogP contribution in [0.5, 0.6) is 5.88 Å². The third-order valence-electron chi connectivity index (χ3n) is 3.85. The number of hydrogen-bond donors (Lipinski definition) is 1. The fraction of sp³-hybridized carbons (Fsp3) is 0.733. The lowest BCUT2D eigenvalue weighted by atomic mass is 9.86. The molecular weight excluding hydrogens is 254 g/mol. The van der Waals surface area contributed by atoms with Crippen LogP contribution in [0.2, 0.25) is 0 Å². The Bertz CT molecular complexity index is 484. The lowest BCUT2D eigenvalue weighted by Crippen LogP contribution is -2.37. The van der Waals surface area contributed by atoms with Crippen molar-refractivity contribution in [2.75, 3.05) is 6.54 Å². The smallest absolute Gasteiger partial charge is 0.313 e. The molecule has 5 nitrogen and oxygen atoms in total. The van der Waals surface area contributed by atoms with Gasteiger partial charge >= 0.3 is 5.56 Å². The Hall–Kier alpha value is -1.36. The molecule has 2 atom stereocenters. The third kappa shape index (κ3) is 3.60. The lowest BCUT2D eigenvalue weighted by Gasteiger charge is -2.30. The van der Waals surface area contributed by atoms with Gasteiger partial charge in [-0.25, -0.2) is 4.98 Å². The van der Waals surface area contributed by atoms with Crippen molar-refractivity contribution in [1.82, 2.24) is 9.55 Å². The standard InChI is InChI=1S/C15H25N3O2/c1-11(2)10-18-8-7-17-14(15(18)19)20-13-6-4-3-5-12(13)9-16/h7-8,11-13H,3-6,9-10,16H2,1-2H3. The van der Waals surface area contributed by atoms with Crippen LogP contribution in [0.4, 0.5) is 0 Å². The molecule has 2 rings (SSSR count). The fourth-order valence-corrected chi connectivity index (χ4v) is 2.79. The molecule has 5 heteroatoms. The Morgan fingerprint density at radius 3 is 2.90 bits per heavy atom. The first-order chi connectivity index (χ1) is 9.61. The number of ether oxygens (including phenoxy) is 1. The van der Waals surface area contributed by atoms with E-state index in [1.807, 2.05) is 0 Å². The molecule has 1 aromatic heterocycles.